The lowest BCUT2D eigenvalue weighted by Crippen LogP contribution is -2.44. The molecule has 7 nitrogen and oxygen atoms in total. The van der Waals surface area contributed by atoms with Crippen LogP contribution >= 0.6 is 0 Å². The fourth-order valence-electron chi connectivity index (χ4n) is 10.4. The predicted octanol–water partition coefficient (Wildman–Crippen LogP) is 16.0. The summed E-state index contributed by atoms with van der Waals surface area (Å²) in [6.45, 7) is 0. The number of aromatic nitrogens is 1. The van der Waals surface area contributed by atoms with Crippen LogP contribution in [-0.2, 0) is 0 Å². The molecule has 0 saturated heterocycles. The molecule has 4 unspecified atom stereocenters. The normalized spacial score (nSPS) is 19.8. The molecule has 5 aromatic carbocycles. The summed E-state index contributed by atoms with van der Waals surface area (Å²) in [5.74, 6) is 2.39. The Balaban J connectivity index is 0.976. The van der Waals surface area contributed by atoms with Crippen molar-refractivity contribution in [1.29, 1.82) is 0 Å². The third-order valence-corrected chi connectivity index (χ3v) is 13.6. The number of pyridine rings is 1. The summed E-state index contributed by atoms with van der Waals surface area (Å²) in [6, 6.07) is 55.3. The minimum Gasteiger partial charge on any atom is -0.443 e. The minimum absolute atomic E-state index is 0.0424. The zero-order valence-corrected chi connectivity index (χ0v) is 40.4. The number of allylic oxidation sites excluding steroid dienone is 11. The van der Waals surface area contributed by atoms with Gasteiger partial charge < -0.3 is 29.1 Å². The monoisotopic (exact) mass is 941 g/mol. The van der Waals surface area contributed by atoms with Crippen molar-refractivity contribution in [2.24, 2.45) is 0 Å². The van der Waals surface area contributed by atoms with Crippen LogP contribution in [0.2, 0.25) is 0 Å². The molecule has 11 rings (SSSR count). The van der Waals surface area contributed by atoms with Gasteiger partial charge in [0.25, 0.3) is 0 Å². The van der Waals surface area contributed by atoms with Gasteiger partial charge in [-0.1, -0.05) is 164 Å². The highest BCUT2D eigenvalue weighted by molar-refractivity contribution is 5.80. The van der Waals surface area contributed by atoms with Crippen molar-refractivity contribution < 1.29 is 9.47 Å². The van der Waals surface area contributed by atoms with E-state index in [0.717, 1.165) is 77.7 Å². The number of ether oxygens (including phenoxy) is 2. The number of para-hydroxylation sites is 4. The molecular weight excluding hydrogens is 883 g/mol. The molecule has 5 aliphatic rings. The number of nitrogens with zero attached hydrogens (tertiary/aromatic N) is 5. The summed E-state index contributed by atoms with van der Waals surface area (Å²) >= 11 is 0. The van der Waals surface area contributed by atoms with Crippen molar-refractivity contribution in [1.82, 2.24) is 4.98 Å². The molecule has 356 valence electrons. The number of hydrogen-bond acceptors (Lipinski definition) is 7. The van der Waals surface area contributed by atoms with Crippen LogP contribution < -0.4 is 29.1 Å². The second kappa shape index (κ2) is 22.0. The van der Waals surface area contributed by atoms with Gasteiger partial charge in [0.2, 0.25) is 11.8 Å². The maximum Gasteiger partial charge on any atom is 0.222 e. The van der Waals surface area contributed by atoms with Crippen LogP contribution in [0, 0.1) is 0 Å². The summed E-state index contributed by atoms with van der Waals surface area (Å²) in [7, 11) is 0. The lowest BCUT2D eigenvalue weighted by Gasteiger charge is -2.41. The Hall–Kier alpha value is -8.55. The summed E-state index contributed by atoms with van der Waals surface area (Å²) in [6.07, 6.45) is 43.1. The largest absolute Gasteiger partial charge is 0.443 e. The first-order valence-corrected chi connectivity index (χ1v) is 25.3. The van der Waals surface area contributed by atoms with E-state index in [4.69, 9.17) is 14.5 Å². The molecule has 1 aromatic heterocycles. The first kappa shape index (κ1) is 45.9. The standard InChI is InChI=1S/C65H59N5O2/c1-9-26-50(27-10-1)67(51-28-11-2-12-29-51)58-44-59(68(52-30-13-3-14-31-52)53-32-15-4-16-33-53)47-62(46-58)71-64-42-25-43-65(66-64)72-63-48-60(69(54-34-17-5-18-35-54)55-36-19-6-20-37-55)45-61(49-63)70(56-38-21-7-22-39-56)57-40-23-8-24-41-57/h1-23,25-30,32,34-36,38-40,42-47,49,52-53,55,60H,24,31,33,37,41,48H2. The number of hydrogen-bond donors (Lipinski definition) is 0. The van der Waals surface area contributed by atoms with Crippen molar-refractivity contribution >= 4 is 34.1 Å². The van der Waals surface area contributed by atoms with Crippen LogP contribution in [-0.4, -0.2) is 29.2 Å². The molecule has 0 aliphatic heterocycles. The fraction of sp³-hybridized carbons (Fsp3) is 0.154. The first-order valence-electron chi connectivity index (χ1n) is 25.3. The van der Waals surface area contributed by atoms with Crippen molar-refractivity contribution in [3.8, 4) is 17.5 Å². The smallest absolute Gasteiger partial charge is 0.222 e. The summed E-state index contributed by atoms with van der Waals surface area (Å²) in [5, 5.41) is 0. The molecule has 1 heterocycles. The van der Waals surface area contributed by atoms with Gasteiger partial charge in [-0.05, 0) is 98.9 Å². The topological polar surface area (TPSA) is 44.3 Å². The zero-order valence-electron chi connectivity index (χ0n) is 40.4. The summed E-state index contributed by atoms with van der Waals surface area (Å²) in [4.78, 5) is 14.9. The second-order valence-electron chi connectivity index (χ2n) is 18.5. The van der Waals surface area contributed by atoms with Crippen LogP contribution in [0.4, 0.5) is 34.1 Å². The lowest BCUT2D eigenvalue weighted by molar-refractivity contribution is 0.364. The highest BCUT2D eigenvalue weighted by Gasteiger charge is 2.32. The van der Waals surface area contributed by atoms with Gasteiger partial charge in [-0.3, -0.25) is 0 Å². The van der Waals surface area contributed by atoms with Gasteiger partial charge >= 0.3 is 0 Å². The maximum atomic E-state index is 7.01. The van der Waals surface area contributed by atoms with Crippen molar-refractivity contribution in [2.45, 2.75) is 62.7 Å². The highest BCUT2D eigenvalue weighted by atomic mass is 16.5. The van der Waals surface area contributed by atoms with Gasteiger partial charge in [-0.25, -0.2) is 0 Å². The van der Waals surface area contributed by atoms with Gasteiger partial charge in [-0.15, -0.1) is 0 Å². The van der Waals surface area contributed by atoms with Crippen LogP contribution in [0.5, 0.6) is 17.5 Å². The Bertz CT molecular complexity index is 3060. The van der Waals surface area contributed by atoms with Crippen molar-refractivity contribution in [3.05, 3.63) is 278 Å². The van der Waals surface area contributed by atoms with E-state index in [-0.39, 0.29) is 24.2 Å². The highest BCUT2D eigenvalue weighted by Crippen LogP contribution is 2.42. The minimum atomic E-state index is -0.0424. The summed E-state index contributed by atoms with van der Waals surface area (Å²) in [5.41, 5.74) is 8.67. The van der Waals surface area contributed by atoms with E-state index in [1.165, 1.54) is 5.70 Å². The number of anilines is 6. The maximum absolute atomic E-state index is 7.01. The number of benzene rings is 5. The molecule has 4 atom stereocenters. The Morgan fingerprint density at radius 3 is 1.47 bits per heavy atom. The number of rotatable bonds is 16. The van der Waals surface area contributed by atoms with Crippen LogP contribution in [0.25, 0.3) is 0 Å². The molecule has 0 spiro atoms. The van der Waals surface area contributed by atoms with Crippen LogP contribution in [0.3, 0.4) is 0 Å². The van der Waals surface area contributed by atoms with E-state index in [1.807, 2.05) is 18.2 Å². The molecule has 0 saturated carbocycles. The molecule has 0 bridgehead atoms. The van der Waals surface area contributed by atoms with Gasteiger partial charge in [0, 0.05) is 76.6 Å². The van der Waals surface area contributed by atoms with Crippen molar-refractivity contribution in [2.75, 3.05) is 19.6 Å². The van der Waals surface area contributed by atoms with Gasteiger partial charge in [0.1, 0.15) is 11.5 Å². The Morgan fingerprint density at radius 1 is 0.431 bits per heavy atom. The average Bonchev–Trinajstić information content (AvgIpc) is 3.44. The van der Waals surface area contributed by atoms with Crippen molar-refractivity contribution in [3.63, 3.8) is 0 Å². The molecule has 7 heteroatoms. The fourth-order valence-corrected chi connectivity index (χ4v) is 10.4. The molecule has 0 N–H and O–H groups in total. The van der Waals surface area contributed by atoms with Crippen LogP contribution in [0.15, 0.2) is 278 Å². The van der Waals surface area contributed by atoms with Gasteiger partial charge in [0.05, 0.1) is 29.9 Å². The quantitative estimate of drug-likeness (QED) is 0.0958. The van der Waals surface area contributed by atoms with Gasteiger partial charge in [-0.2, -0.15) is 4.98 Å². The third kappa shape index (κ3) is 10.6. The van der Waals surface area contributed by atoms with E-state index < -0.39 is 0 Å². The first-order chi connectivity index (χ1) is 35.7. The Morgan fingerprint density at radius 2 is 0.944 bits per heavy atom. The Labute approximate surface area is 424 Å². The SMILES string of the molecule is C1=CCCC(N(C2=CC(N(c3ccccc3)C3C=CC=CC3)CC(Oc3cccc(Oc4cc(N(c5ccccc5)c5ccccc5)cc(N(C5C=CC=CC5)C5C=CC=CC5)c4)n3)=C2)c2ccccc2)=C1. The molecule has 6 aromatic rings. The van der Waals surface area contributed by atoms with E-state index in [9.17, 15) is 0 Å². The van der Waals surface area contributed by atoms with E-state index in [1.54, 1.807) is 0 Å². The lowest BCUT2D eigenvalue weighted by atomic mass is 9.96. The zero-order chi connectivity index (χ0) is 48.3. The van der Waals surface area contributed by atoms with Gasteiger partial charge in [0.15, 0.2) is 0 Å². The second-order valence-corrected chi connectivity index (χ2v) is 18.5. The third-order valence-electron chi connectivity index (χ3n) is 13.6. The molecule has 0 radical (unpaired) electrons. The predicted molar refractivity (Wildman–Crippen MR) is 297 cm³/mol. The average molecular weight is 942 g/mol. The van der Waals surface area contributed by atoms with E-state index >= 15 is 0 Å². The van der Waals surface area contributed by atoms with Crippen LogP contribution in [0.1, 0.15) is 38.5 Å². The molecule has 0 amide bonds. The molecular formula is C65H59N5O2. The molecule has 5 aliphatic carbocycles. The van der Waals surface area contributed by atoms with E-state index in [2.05, 4.69) is 262 Å². The molecule has 0 fully saturated rings. The molecule has 72 heavy (non-hydrogen) atoms. The van der Waals surface area contributed by atoms with E-state index in [0.29, 0.717) is 23.9 Å². The Kier molecular flexibility index (Phi) is 14.0. The summed E-state index contributed by atoms with van der Waals surface area (Å²) < 4.78 is 14.0.